The molecule has 1 aromatic heterocycles. The molecule has 1 amide bonds. The number of carbonyl (C=O) groups excluding carboxylic acids is 1. The smallest absolute Gasteiger partial charge is 0.335 e. The highest BCUT2D eigenvalue weighted by Gasteiger charge is 2.11. The van der Waals surface area contributed by atoms with E-state index in [9.17, 15) is 9.59 Å². The van der Waals surface area contributed by atoms with Crippen molar-refractivity contribution >= 4 is 33.5 Å². The molecule has 102 valence electrons. The van der Waals surface area contributed by atoms with Crippen molar-refractivity contribution in [1.29, 1.82) is 0 Å². The number of hydrogen-bond donors (Lipinski definition) is 2. The number of amides is 1. The molecular weight excluding hydrogens is 324 g/mol. The van der Waals surface area contributed by atoms with Crippen LogP contribution in [-0.4, -0.2) is 22.0 Å². The number of hydrogen-bond acceptors (Lipinski definition) is 3. The minimum Gasteiger partial charge on any atom is -0.478 e. The van der Waals surface area contributed by atoms with Gasteiger partial charge in [-0.15, -0.1) is 0 Å². The second kappa shape index (κ2) is 5.83. The van der Waals surface area contributed by atoms with Crippen molar-refractivity contribution in [2.24, 2.45) is 0 Å². The van der Waals surface area contributed by atoms with Crippen molar-refractivity contribution in [3.05, 3.63) is 57.8 Å². The van der Waals surface area contributed by atoms with E-state index in [-0.39, 0.29) is 17.2 Å². The van der Waals surface area contributed by atoms with E-state index in [0.717, 1.165) is 10.0 Å². The molecule has 2 N–H and O–H groups in total. The number of nitrogens with one attached hydrogen (secondary N) is 1. The second-order valence-electron chi connectivity index (χ2n) is 4.15. The Labute approximate surface area is 123 Å². The summed E-state index contributed by atoms with van der Waals surface area (Å²) in [4.78, 5) is 26.9. The number of rotatable bonds is 3. The van der Waals surface area contributed by atoms with Crippen molar-refractivity contribution in [2.75, 3.05) is 5.32 Å². The van der Waals surface area contributed by atoms with Crippen molar-refractivity contribution in [2.45, 2.75) is 6.92 Å². The summed E-state index contributed by atoms with van der Waals surface area (Å²) < 4.78 is 0.776. The Morgan fingerprint density at radius 3 is 2.60 bits per heavy atom. The van der Waals surface area contributed by atoms with Gasteiger partial charge in [-0.3, -0.25) is 4.79 Å². The average molecular weight is 335 g/mol. The highest BCUT2D eigenvalue weighted by Crippen LogP contribution is 2.18. The average Bonchev–Trinajstić information content (AvgIpc) is 2.41. The first kappa shape index (κ1) is 14.2. The van der Waals surface area contributed by atoms with E-state index in [1.165, 1.54) is 18.3 Å². The summed E-state index contributed by atoms with van der Waals surface area (Å²) in [6.07, 6.45) is 1.52. The summed E-state index contributed by atoms with van der Waals surface area (Å²) in [7, 11) is 0. The molecule has 0 radical (unpaired) electrons. The molecule has 20 heavy (non-hydrogen) atoms. The lowest BCUT2D eigenvalue weighted by molar-refractivity contribution is 0.0696. The van der Waals surface area contributed by atoms with Gasteiger partial charge in [0.2, 0.25) is 0 Å². The fourth-order valence-electron chi connectivity index (χ4n) is 1.59. The number of carboxylic acid groups (broad SMARTS) is 1. The van der Waals surface area contributed by atoms with Crippen molar-refractivity contribution in [3.63, 3.8) is 0 Å². The summed E-state index contributed by atoms with van der Waals surface area (Å²) in [5.41, 5.74) is 1.61. The molecule has 5 nitrogen and oxygen atoms in total. The SMILES string of the molecule is Cc1ccc(C(=O)O)cc1NC(=O)c1ccc(Br)cn1. The van der Waals surface area contributed by atoms with Crippen LogP contribution < -0.4 is 5.32 Å². The van der Waals surface area contributed by atoms with E-state index >= 15 is 0 Å². The Morgan fingerprint density at radius 1 is 1.25 bits per heavy atom. The Balaban J connectivity index is 2.25. The van der Waals surface area contributed by atoms with E-state index in [1.54, 1.807) is 25.1 Å². The maximum Gasteiger partial charge on any atom is 0.335 e. The van der Waals surface area contributed by atoms with Gasteiger partial charge < -0.3 is 10.4 Å². The molecule has 0 unspecified atom stereocenters. The number of nitrogens with zero attached hydrogens (tertiary/aromatic N) is 1. The summed E-state index contributed by atoms with van der Waals surface area (Å²) in [6.45, 7) is 1.79. The molecule has 0 saturated carbocycles. The van der Waals surface area contributed by atoms with Crippen molar-refractivity contribution in [3.8, 4) is 0 Å². The number of pyridine rings is 1. The number of carbonyl (C=O) groups is 2. The Morgan fingerprint density at radius 2 is 2.00 bits per heavy atom. The number of anilines is 1. The molecule has 2 aromatic rings. The third kappa shape index (κ3) is 3.21. The Bertz CT molecular complexity index is 669. The number of carboxylic acids is 1. The van der Waals surface area contributed by atoms with Crippen LogP contribution in [0.3, 0.4) is 0 Å². The van der Waals surface area contributed by atoms with Crippen LogP contribution >= 0.6 is 15.9 Å². The third-order valence-corrected chi connectivity index (χ3v) is 3.16. The van der Waals surface area contributed by atoms with Crippen LogP contribution in [0.5, 0.6) is 0 Å². The lowest BCUT2D eigenvalue weighted by Crippen LogP contribution is -2.14. The number of benzene rings is 1. The largest absolute Gasteiger partial charge is 0.478 e. The molecule has 0 bridgehead atoms. The first-order chi connectivity index (χ1) is 9.47. The first-order valence-electron chi connectivity index (χ1n) is 5.74. The van der Waals surface area contributed by atoms with Gasteiger partial charge in [-0.05, 0) is 52.7 Å². The van der Waals surface area contributed by atoms with Crippen molar-refractivity contribution < 1.29 is 14.7 Å². The molecule has 1 aromatic carbocycles. The van der Waals surface area contributed by atoms with E-state index in [0.29, 0.717) is 5.69 Å². The van der Waals surface area contributed by atoms with Gasteiger partial charge in [-0.25, -0.2) is 9.78 Å². The fourth-order valence-corrected chi connectivity index (χ4v) is 1.82. The van der Waals surface area contributed by atoms with Crippen LogP contribution in [0.1, 0.15) is 26.4 Å². The normalized spacial score (nSPS) is 10.1. The molecule has 0 fully saturated rings. The minimum absolute atomic E-state index is 0.120. The monoisotopic (exact) mass is 334 g/mol. The number of halogens is 1. The molecule has 6 heteroatoms. The van der Waals surface area contributed by atoms with Gasteiger partial charge in [-0.1, -0.05) is 6.07 Å². The molecular formula is C14H11BrN2O3. The van der Waals surface area contributed by atoms with Crippen LogP contribution in [0.2, 0.25) is 0 Å². The van der Waals surface area contributed by atoms with E-state index in [2.05, 4.69) is 26.2 Å². The molecule has 0 spiro atoms. The van der Waals surface area contributed by atoms with E-state index < -0.39 is 5.97 Å². The van der Waals surface area contributed by atoms with Gasteiger partial charge in [-0.2, -0.15) is 0 Å². The topological polar surface area (TPSA) is 79.3 Å². The fraction of sp³-hybridized carbons (Fsp3) is 0.0714. The molecule has 0 aliphatic heterocycles. The maximum absolute atomic E-state index is 12.0. The molecule has 0 atom stereocenters. The highest BCUT2D eigenvalue weighted by atomic mass is 79.9. The van der Waals surface area contributed by atoms with Gasteiger partial charge in [0.1, 0.15) is 5.69 Å². The molecule has 2 rings (SSSR count). The highest BCUT2D eigenvalue weighted by molar-refractivity contribution is 9.10. The van der Waals surface area contributed by atoms with Crippen LogP contribution in [0.25, 0.3) is 0 Å². The molecule has 0 aliphatic rings. The number of aromatic nitrogens is 1. The quantitative estimate of drug-likeness (QED) is 0.903. The minimum atomic E-state index is -1.04. The number of aryl methyl sites for hydroxylation is 1. The first-order valence-corrected chi connectivity index (χ1v) is 6.53. The van der Waals surface area contributed by atoms with Crippen LogP contribution in [0.4, 0.5) is 5.69 Å². The second-order valence-corrected chi connectivity index (χ2v) is 5.07. The van der Waals surface area contributed by atoms with E-state index in [4.69, 9.17) is 5.11 Å². The van der Waals surface area contributed by atoms with Crippen molar-refractivity contribution in [1.82, 2.24) is 4.98 Å². The van der Waals surface area contributed by atoms with Crippen LogP contribution in [-0.2, 0) is 0 Å². The maximum atomic E-state index is 12.0. The zero-order valence-corrected chi connectivity index (χ0v) is 12.1. The van der Waals surface area contributed by atoms with Crippen LogP contribution in [0, 0.1) is 6.92 Å². The Hall–Kier alpha value is -2.21. The van der Waals surface area contributed by atoms with Gasteiger partial charge >= 0.3 is 5.97 Å². The summed E-state index contributed by atoms with van der Waals surface area (Å²) in [5, 5.41) is 11.6. The zero-order chi connectivity index (χ0) is 14.7. The molecule has 1 heterocycles. The predicted octanol–water partition coefficient (Wildman–Crippen LogP) is 3.10. The van der Waals surface area contributed by atoms with Gasteiger partial charge in [0, 0.05) is 16.4 Å². The number of aromatic carboxylic acids is 1. The standard InChI is InChI=1S/C14H11BrN2O3/c1-8-2-3-9(14(19)20)6-12(8)17-13(18)11-5-4-10(15)7-16-11/h2-7H,1H3,(H,17,18)(H,19,20). The third-order valence-electron chi connectivity index (χ3n) is 2.69. The summed E-state index contributed by atoms with van der Waals surface area (Å²) >= 11 is 3.24. The molecule has 0 aliphatic carbocycles. The van der Waals surface area contributed by atoms with Gasteiger partial charge in [0.05, 0.1) is 5.56 Å². The van der Waals surface area contributed by atoms with Gasteiger partial charge in [0.15, 0.2) is 0 Å². The lowest BCUT2D eigenvalue weighted by atomic mass is 10.1. The van der Waals surface area contributed by atoms with Crippen LogP contribution in [0.15, 0.2) is 41.0 Å². The van der Waals surface area contributed by atoms with Gasteiger partial charge in [0.25, 0.3) is 5.91 Å². The zero-order valence-electron chi connectivity index (χ0n) is 10.6. The molecule has 0 saturated heterocycles. The van der Waals surface area contributed by atoms with E-state index in [1.807, 2.05) is 0 Å². The predicted molar refractivity (Wildman–Crippen MR) is 78.0 cm³/mol. The summed E-state index contributed by atoms with van der Waals surface area (Å²) in [5.74, 6) is -1.43. The lowest BCUT2D eigenvalue weighted by Gasteiger charge is -2.09. The summed E-state index contributed by atoms with van der Waals surface area (Å²) in [6, 6.07) is 7.85. The Kier molecular flexibility index (Phi) is 4.14.